The van der Waals surface area contributed by atoms with E-state index in [-0.39, 0.29) is 40.0 Å². The van der Waals surface area contributed by atoms with Gasteiger partial charge in [0.25, 0.3) is 0 Å². The summed E-state index contributed by atoms with van der Waals surface area (Å²) in [4.78, 5) is 23.0. The van der Waals surface area contributed by atoms with Gasteiger partial charge in [0.1, 0.15) is 35.8 Å². The third-order valence-corrected chi connectivity index (χ3v) is 11.1. The Kier molecular flexibility index (Phi) is 11.5. The van der Waals surface area contributed by atoms with Crippen molar-refractivity contribution in [1.29, 1.82) is 0 Å². The molecule has 3 aliphatic rings. The van der Waals surface area contributed by atoms with Gasteiger partial charge in [0.2, 0.25) is 5.88 Å². The number of aryl methyl sites for hydroxylation is 1. The van der Waals surface area contributed by atoms with Gasteiger partial charge in [-0.3, -0.25) is 4.90 Å². The predicted molar refractivity (Wildman–Crippen MR) is 203 cm³/mol. The molecule has 15 heteroatoms. The van der Waals surface area contributed by atoms with Gasteiger partial charge in [0.05, 0.1) is 29.3 Å². The molecule has 3 fully saturated rings. The van der Waals surface area contributed by atoms with E-state index in [1.54, 1.807) is 18.2 Å². The zero-order chi connectivity index (χ0) is 39.5. The highest BCUT2D eigenvalue weighted by Gasteiger charge is 2.45. The lowest BCUT2D eigenvalue weighted by Crippen LogP contribution is -2.43. The number of nitrogens with one attached hydrogen (secondary N) is 1. The van der Waals surface area contributed by atoms with Crippen LogP contribution in [0.1, 0.15) is 68.3 Å². The largest absolute Gasteiger partial charge is 0.481 e. The number of ether oxygens (including phenoxy) is 2. The number of hydrogen-bond acceptors (Lipinski definition) is 10. The van der Waals surface area contributed by atoms with Crippen LogP contribution in [0.25, 0.3) is 32.9 Å². The maximum Gasteiger partial charge on any atom is 0.433 e. The van der Waals surface area contributed by atoms with Gasteiger partial charge in [-0.2, -0.15) is 23.1 Å². The fraction of sp³-hybridized carbons (Fsp3) is 0.439. The average molecular weight is 775 g/mol. The number of terminal acetylenes is 1. The van der Waals surface area contributed by atoms with Gasteiger partial charge in [-0.25, -0.2) is 23.7 Å². The van der Waals surface area contributed by atoms with Crippen LogP contribution in [0.4, 0.5) is 27.8 Å². The van der Waals surface area contributed by atoms with Crippen LogP contribution in [-0.2, 0) is 12.6 Å². The number of halogens is 5. The van der Waals surface area contributed by atoms with E-state index in [1.807, 2.05) is 6.07 Å². The lowest BCUT2D eigenvalue weighted by molar-refractivity contribution is -0.141. The second-order valence-corrected chi connectivity index (χ2v) is 14.6. The zero-order valence-corrected chi connectivity index (χ0v) is 31.1. The van der Waals surface area contributed by atoms with Crippen molar-refractivity contribution in [3.63, 3.8) is 0 Å². The maximum atomic E-state index is 16.7. The van der Waals surface area contributed by atoms with Gasteiger partial charge in [-0.1, -0.05) is 36.6 Å². The Labute approximate surface area is 321 Å². The maximum absolute atomic E-state index is 16.7. The van der Waals surface area contributed by atoms with E-state index < -0.39 is 23.5 Å². The van der Waals surface area contributed by atoms with Crippen LogP contribution in [0.15, 0.2) is 42.7 Å². The third kappa shape index (κ3) is 8.03. The van der Waals surface area contributed by atoms with Crippen molar-refractivity contribution in [3.05, 3.63) is 71.3 Å². The summed E-state index contributed by atoms with van der Waals surface area (Å²) in [6, 6.07) is 9.15. The number of alkyl halides is 3. The first kappa shape index (κ1) is 39.1. The zero-order valence-electron chi connectivity index (χ0n) is 31.1. The number of rotatable bonds is 8. The Morgan fingerprint density at radius 3 is 2.57 bits per heavy atom. The molecule has 294 valence electrons. The molecular formula is C41H43F5N8O2. The van der Waals surface area contributed by atoms with Gasteiger partial charge < -0.3 is 20.5 Å². The number of nitrogens with two attached hydrogens (primary N) is 1. The van der Waals surface area contributed by atoms with Crippen molar-refractivity contribution in [1.82, 2.24) is 35.1 Å². The monoisotopic (exact) mass is 774 g/mol. The SMILES string of the molecule is C#Cc1c(F)ccc2cccc(-c3nc(CCC4CCCCNC4)c4c(N)nc(OCC56CCCN5CCC6)nc4c3F)c12.COc1cc(C(F)(F)F)ncn1. The number of nitrogens with zero attached hydrogens (tertiary/aromatic N) is 6. The van der Waals surface area contributed by atoms with E-state index >= 15 is 4.39 Å². The van der Waals surface area contributed by atoms with Crippen molar-refractivity contribution in [2.45, 2.75) is 69.5 Å². The standard InChI is InChI=1S/C35H38F2N6O.C6H5F3N2O/c1-2-24-26(36)13-12-23-9-5-10-25(28(23)24)31-30(37)32-29(27(40-31)14-11-22-8-3-4-17-39-20-22)33(38)42-34(41-32)44-21-35-15-6-18-43(35)19-7-16-35;1-12-5-2-4(6(7,8)9)10-3-11-5/h1,5,9-10,12-13,22,39H,3-4,6-8,11,14-21H2,(H2,38,41,42);2-3H,1H3. The first-order valence-corrected chi connectivity index (χ1v) is 18.9. The Hall–Kier alpha value is -5.20. The van der Waals surface area contributed by atoms with E-state index in [0.717, 1.165) is 83.5 Å². The second-order valence-electron chi connectivity index (χ2n) is 14.6. The summed E-state index contributed by atoms with van der Waals surface area (Å²) in [6.07, 6.45) is 11.4. The molecular weight excluding hydrogens is 731 g/mol. The minimum atomic E-state index is -4.45. The van der Waals surface area contributed by atoms with Gasteiger partial charge in [0.15, 0.2) is 11.5 Å². The number of pyridine rings is 1. The highest BCUT2D eigenvalue weighted by atomic mass is 19.4. The fourth-order valence-electron chi connectivity index (χ4n) is 8.31. The van der Waals surface area contributed by atoms with Gasteiger partial charge in [0, 0.05) is 17.0 Å². The number of anilines is 1. The van der Waals surface area contributed by atoms with E-state index in [9.17, 15) is 17.6 Å². The van der Waals surface area contributed by atoms with Gasteiger partial charge in [-0.15, -0.1) is 6.42 Å². The molecule has 8 rings (SSSR count). The molecule has 6 heterocycles. The van der Waals surface area contributed by atoms with Crippen LogP contribution in [0.2, 0.25) is 0 Å². The summed E-state index contributed by atoms with van der Waals surface area (Å²) < 4.78 is 78.2. The third-order valence-electron chi connectivity index (χ3n) is 11.1. The summed E-state index contributed by atoms with van der Waals surface area (Å²) in [5.74, 6) is 1.80. The fourth-order valence-corrected chi connectivity index (χ4v) is 8.31. The van der Waals surface area contributed by atoms with Crippen LogP contribution < -0.4 is 20.5 Å². The molecule has 3 saturated heterocycles. The molecule has 3 N–H and O–H groups in total. The number of hydrogen-bond donors (Lipinski definition) is 2. The summed E-state index contributed by atoms with van der Waals surface area (Å²) in [5, 5.41) is 5.08. The minimum Gasteiger partial charge on any atom is -0.481 e. The Morgan fingerprint density at radius 2 is 1.82 bits per heavy atom. The van der Waals surface area contributed by atoms with E-state index in [4.69, 9.17) is 21.9 Å². The van der Waals surface area contributed by atoms with Crippen LogP contribution in [0.5, 0.6) is 11.9 Å². The van der Waals surface area contributed by atoms with Crippen molar-refractivity contribution >= 4 is 27.5 Å². The highest BCUT2D eigenvalue weighted by molar-refractivity contribution is 6.02. The topological polar surface area (TPSA) is 124 Å². The normalized spacial score (nSPS) is 18.2. The van der Waals surface area contributed by atoms with Crippen LogP contribution in [0.3, 0.4) is 0 Å². The van der Waals surface area contributed by atoms with Crippen LogP contribution >= 0.6 is 0 Å². The average Bonchev–Trinajstić information content (AvgIpc) is 3.67. The number of methoxy groups -OCH3 is 1. The first-order chi connectivity index (χ1) is 27.0. The first-order valence-electron chi connectivity index (χ1n) is 18.9. The molecule has 3 aliphatic heterocycles. The number of aromatic nitrogens is 5. The molecule has 0 radical (unpaired) electrons. The lowest BCUT2D eigenvalue weighted by Gasteiger charge is -2.31. The van der Waals surface area contributed by atoms with Gasteiger partial charge in [-0.05, 0) is 94.9 Å². The summed E-state index contributed by atoms with van der Waals surface area (Å²) >= 11 is 0. The van der Waals surface area contributed by atoms with Crippen molar-refractivity contribution in [2.75, 3.05) is 45.6 Å². The quantitative estimate of drug-likeness (QED) is 0.121. The Balaban J connectivity index is 0.000000344. The Bertz CT molecular complexity index is 2240. The van der Waals surface area contributed by atoms with Crippen LogP contribution in [-0.4, -0.2) is 75.3 Å². The summed E-state index contributed by atoms with van der Waals surface area (Å²) in [6.45, 7) is 4.53. The molecule has 0 spiro atoms. The van der Waals surface area contributed by atoms with Crippen molar-refractivity contribution in [3.8, 4) is 35.5 Å². The molecule has 0 saturated carbocycles. The summed E-state index contributed by atoms with van der Waals surface area (Å²) in [5.41, 5.74) is 6.78. The molecule has 56 heavy (non-hydrogen) atoms. The van der Waals surface area contributed by atoms with E-state index in [1.165, 1.54) is 19.6 Å². The number of nitrogen functional groups attached to an aromatic ring is 1. The molecule has 0 aliphatic carbocycles. The smallest absolute Gasteiger partial charge is 0.433 e. The number of fused-ring (bicyclic) bond motifs is 3. The minimum absolute atomic E-state index is 0.0222. The molecule has 3 aromatic heterocycles. The molecule has 1 atom stereocenters. The molecule has 1 unspecified atom stereocenters. The molecule has 0 amide bonds. The van der Waals surface area contributed by atoms with Gasteiger partial charge >= 0.3 is 12.2 Å². The number of benzene rings is 2. The molecule has 10 nitrogen and oxygen atoms in total. The van der Waals surface area contributed by atoms with E-state index in [2.05, 4.69) is 40.8 Å². The van der Waals surface area contributed by atoms with Crippen molar-refractivity contribution < 1.29 is 31.4 Å². The summed E-state index contributed by atoms with van der Waals surface area (Å²) in [7, 11) is 1.24. The lowest BCUT2D eigenvalue weighted by atomic mass is 9.94. The van der Waals surface area contributed by atoms with Crippen molar-refractivity contribution in [2.24, 2.45) is 5.92 Å². The molecule has 5 aromatic rings. The van der Waals surface area contributed by atoms with E-state index in [0.29, 0.717) is 46.4 Å². The molecule has 2 aromatic carbocycles. The highest BCUT2D eigenvalue weighted by Crippen LogP contribution is 2.40. The van der Waals surface area contributed by atoms with Crippen LogP contribution in [0, 0.1) is 29.9 Å². The predicted octanol–water partition coefficient (Wildman–Crippen LogP) is 7.52. The molecule has 0 bridgehead atoms. The second kappa shape index (κ2) is 16.5. The Morgan fingerprint density at radius 1 is 1.02 bits per heavy atom.